The average molecular weight is 255 g/mol. The van der Waals surface area contributed by atoms with Gasteiger partial charge in [0.2, 0.25) is 0 Å². The fourth-order valence-corrected chi connectivity index (χ4v) is 2.15. The van der Waals surface area contributed by atoms with Crippen LogP contribution in [0.2, 0.25) is 5.02 Å². The number of thiazole rings is 1. The van der Waals surface area contributed by atoms with E-state index >= 15 is 0 Å². The molecule has 84 valence electrons. The Kier molecular flexibility index (Phi) is 3.31. The molecule has 0 bridgehead atoms. The molecule has 2 aromatic rings. The second kappa shape index (κ2) is 4.72. The molecule has 2 N–H and O–H groups in total. The van der Waals surface area contributed by atoms with Crippen LogP contribution in [0.1, 0.15) is 12.6 Å². The van der Waals surface area contributed by atoms with Crippen molar-refractivity contribution in [3.63, 3.8) is 0 Å². The molecule has 16 heavy (non-hydrogen) atoms. The number of rotatable bonds is 3. The van der Waals surface area contributed by atoms with Crippen molar-refractivity contribution in [3.8, 4) is 10.9 Å². The Balaban J connectivity index is 2.20. The van der Waals surface area contributed by atoms with Crippen LogP contribution < -0.4 is 10.5 Å². The summed E-state index contributed by atoms with van der Waals surface area (Å²) in [7, 11) is 0. The van der Waals surface area contributed by atoms with E-state index in [0.717, 1.165) is 12.1 Å². The number of aryl methyl sites for hydroxylation is 1. The highest BCUT2D eigenvalue weighted by atomic mass is 35.5. The third kappa shape index (κ3) is 2.46. The lowest BCUT2D eigenvalue weighted by Crippen LogP contribution is -1.91. The number of aromatic nitrogens is 1. The summed E-state index contributed by atoms with van der Waals surface area (Å²) in [5.41, 5.74) is 7.31. The third-order valence-corrected chi connectivity index (χ3v) is 3.06. The summed E-state index contributed by atoms with van der Waals surface area (Å²) in [5.74, 6) is 0.585. The van der Waals surface area contributed by atoms with E-state index in [-0.39, 0.29) is 0 Å². The van der Waals surface area contributed by atoms with Gasteiger partial charge in [0, 0.05) is 10.4 Å². The van der Waals surface area contributed by atoms with E-state index in [9.17, 15) is 0 Å². The van der Waals surface area contributed by atoms with E-state index < -0.39 is 0 Å². The first-order valence-corrected chi connectivity index (χ1v) is 6.12. The van der Waals surface area contributed by atoms with E-state index in [0.29, 0.717) is 21.7 Å². The lowest BCUT2D eigenvalue weighted by molar-refractivity contribution is 0.479. The SMILES string of the molecule is CCc1csc(Oc2ccc(Cl)cc2N)n1. The fourth-order valence-electron chi connectivity index (χ4n) is 1.20. The monoisotopic (exact) mass is 254 g/mol. The van der Waals surface area contributed by atoms with Gasteiger partial charge in [-0.05, 0) is 24.6 Å². The van der Waals surface area contributed by atoms with E-state index in [1.165, 1.54) is 11.3 Å². The van der Waals surface area contributed by atoms with Gasteiger partial charge in [0.05, 0.1) is 11.4 Å². The smallest absolute Gasteiger partial charge is 0.278 e. The van der Waals surface area contributed by atoms with E-state index in [4.69, 9.17) is 22.1 Å². The van der Waals surface area contributed by atoms with Gasteiger partial charge in [-0.2, -0.15) is 0 Å². The van der Waals surface area contributed by atoms with Crippen molar-refractivity contribution < 1.29 is 4.74 Å². The molecule has 0 aliphatic rings. The van der Waals surface area contributed by atoms with Gasteiger partial charge in [-0.25, -0.2) is 4.98 Å². The average Bonchev–Trinajstić information content (AvgIpc) is 2.70. The lowest BCUT2D eigenvalue weighted by atomic mass is 10.3. The molecule has 0 aliphatic heterocycles. The normalized spacial score (nSPS) is 10.4. The predicted molar refractivity (Wildman–Crippen MR) is 67.4 cm³/mol. The maximum Gasteiger partial charge on any atom is 0.278 e. The molecular weight excluding hydrogens is 244 g/mol. The van der Waals surface area contributed by atoms with Gasteiger partial charge in [-0.1, -0.05) is 29.9 Å². The highest BCUT2D eigenvalue weighted by molar-refractivity contribution is 7.11. The molecule has 0 aliphatic carbocycles. The number of nitrogen functional groups attached to an aromatic ring is 1. The molecule has 1 aromatic carbocycles. The van der Waals surface area contributed by atoms with Crippen LogP contribution in [0.3, 0.4) is 0 Å². The van der Waals surface area contributed by atoms with E-state index in [1.54, 1.807) is 18.2 Å². The Morgan fingerprint density at radius 1 is 1.50 bits per heavy atom. The van der Waals surface area contributed by atoms with Crippen molar-refractivity contribution in [1.29, 1.82) is 0 Å². The van der Waals surface area contributed by atoms with Gasteiger partial charge >= 0.3 is 0 Å². The standard InChI is InChI=1S/C11H11ClN2OS/c1-2-8-6-16-11(14-8)15-10-4-3-7(12)5-9(10)13/h3-6H,2,13H2,1H3. The zero-order chi connectivity index (χ0) is 11.5. The molecule has 0 spiro atoms. The van der Waals surface area contributed by atoms with Crippen LogP contribution in [0.25, 0.3) is 0 Å². The van der Waals surface area contributed by atoms with Gasteiger partial charge < -0.3 is 10.5 Å². The Morgan fingerprint density at radius 3 is 2.94 bits per heavy atom. The minimum atomic E-state index is 0.515. The summed E-state index contributed by atoms with van der Waals surface area (Å²) < 4.78 is 5.57. The molecule has 0 atom stereocenters. The second-order valence-corrected chi connectivity index (χ2v) is 4.50. The van der Waals surface area contributed by atoms with Gasteiger partial charge in [0.25, 0.3) is 5.19 Å². The predicted octanol–water partition coefficient (Wildman–Crippen LogP) is 3.73. The molecular formula is C11H11ClN2OS. The summed E-state index contributed by atoms with van der Waals surface area (Å²) in [5, 5.41) is 3.17. The number of anilines is 1. The zero-order valence-electron chi connectivity index (χ0n) is 8.74. The summed E-state index contributed by atoms with van der Waals surface area (Å²) in [6.45, 7) is 2.05. The molecule has 0 amide bonds. The Bertz CT molecular complexity index is 498. The number of nitrogens with two attached hydrogens (primary N) is 1. The van der Waals surface area contributed by atoms with Crippen LogP contribution >= 0.6 is 22.9 Å². The van der Waals surface area contributed by atoms with Gasteiger partial charge in [0.15, 0.2) is 5.75 Å². The van der Waals surface area contributed by atoms with Crippen molar-refractivity contribution in [3.05, 3.63) is 34.3 Å². The second-order valence-electron chi connectivity index (χ2n) is 3.24. The maximum absolute atomic E-state index is 5.80. The van der Waals surface area contributed by atoms with Crippen LogP contribution in [0.15, 0.2) is 23.6 Å². The number of benzene rings is 1. The van der Waals surface area contributed by atoms with Crippen molar-refractivity contribution >= 4 is 28.6 Å². The topological polar surface area (TPSA) is 48.1 Å². The molecule has 0 unspecified atom stereocenters. The third-order valence-electron chi connectivity index (χ3n) is 2.06. The van der Waals surface area contributed by atoms with Gasteiger partial charge in [0.1, 0.15) is 0 Å². The van der Waals surface area contributed by atoms with Crippen molar-refractivity contribution in [1.82, 2.24) is 4.98 Å². The molecule has 0 radical (unpaired) electrons. The van der Waals surface area contributed by atoms with Crippen molar-refractivity contribution in [2.75, 3.05) is 5.73 Å². The highest BCUT2D eigenvalue weighted by Gasteiger charge is 2.06. The van der Waals surface area contributed by atoms with E-state index in [1.807, 2.05) is 5.38 Å². The number of hydrogen-bond acceptors (Lipinski definition) is 4. The maximum atomic E-state index is 5.80. The van der Waals surface area contributed by atoms with E-state index in [2.05, 4.69) is 11.9 Å². The molecule has 1 aromatic heterocycles. The van der Waals surface area contributed by atoms with Crippen LogP contribution in [0.5, 0.6) is 10.9 Å². The first-order valence-electron chi connectivity index (χ1n) is 4.86. The number of halogens is 1. The highest BCUT2D eigenvalue weighted by Crippen LogP contribution is 2.31. The van der Waals surface area contributed by atoms with Gasteiger partial charge in [-0.3, -0.25) is 0 Å². The first-order chi connectivity index (χ1) is 7.69. The van der Waals surface area contributed by atoms with Crippen molar-refractivity contribution in [2.45, 2.75) is 13.3 Å². The number of hydrogen-bond donors (Lipinski definition) is 1. The van der Waals surface area contributed by atoms with Crippen LogP contribution in [0, 0.1) is 0 Å². The van der Waals surface area contributed by atoms with Crippen LogP contribution in [-0.2, 0) is 6.42 Å². The number of nitrogens with zero attached hydrogens (tertiary/aromatic N) is 1. The zero-order valence-corrected chi connectivity index (χ0v) is 10.3. The summed E-state index contributed by atoms with van der Waals surface area (Å²) in [6, 6.07) is 5.14. The quantitative estimate of drug-likeness (QED) is 0.849. The molecule has 0 saturated carbocycles. The first kappa shape index (κ1) is 11.2. The summed E-state index contributed by atoms with van der Waals surface area (Å²) in [6.07, 6.45) is 0.899. The molecule has 3 nitrogen and oxygen atoms in total. The van der Waals surface area contributed by atoms with Crippen molar-refractivity contribution in [2.24, 2.45) is 0 Å². The Labute approximate surface area is 103 Å². The Hall–Kier alpha value is -1.26. The van der Waals surface area contributed by atoms with Crippen LogP contribution in [0.4, 0.5) is 5.69 Å². The largest absolute Gasteiger partial charge is 0.429 e. The fraction of sp³-hybridized carbons (Fsp3) is 0.182. The minimum absolute atomic E-state index is 0.515. The van der Waals surface area contributed by atoms with Crippen LogP contribution in [-0.4, -0.2) is 4.98 Å². The number of ether oxygens (including phenoxy) is 1. The molecule has 0 saturated heterocycles. The molecule has 0 fully saturated rings. The molecule has 5 heteroatoms. The Morgan fingerprint density at radius 2 is 2.31 bits per heavy atom. The molecule has 1 heterocycles. The van der Waals surface area contributed by atoms with Gasteiger partial charge in [-0.15, -0.1) is 0 Å². The summed E-state index contributed by atoms with van der Waals surface area (Å²) >= 11 is 7.26. The minimum Gasteiger partial charge on any atom is -0.429 e. The summed E-state index contributed by atoms with van der Waals surface area (Å²) in [4.78, 5) is 4.30. The lowest BCUT2D eigenvalue weighted by Gasteiger charge is -2.05. The molecule has 2 rings (SSSR count).